The van der Waals surface area contributed by atoms with Gasteiger partial charge in [0.1, 0.15) is 5.92 Å². The molecule has 0 aliphatic rings. The number of carbonyl (C=O) groups excluding carboxylic acids is 1. The van der Waals surface area contributed by atoms with Crippen molar-refractivity contribution in [2.75, 3.05) is 13.6 Å². The van der Waals surface area contributed by atoms with Crippen LogP contribution in [-0.4, -0.2) is 35.6 Å². The van der Waals surface area contributed by atoms with Gasteiger partial charge < -0.3 is 10.0 Å². The van der Waals surface area contributed by atoms with Gasteiger partial charge in [-0.1, -0.05) is 30.3 Å². The predicted molar refractivity (Wildman–Crippen MR) is 73.2 cm³/mol. The number of carbonyl (C=O) groups is 1. The molecule has 0 aromatic heterocycles. The zero-order chi connectivity index (χ0) is 14.3. The van der Waals surface area contributed by atoms with Gasteiger partial charge in [0.05, 0.1) is 12.2 Å². The lowest BCUT2D eigenvalue weighted by Gasteiger charge is -2.20. The van der Waals surface area contributed by atoms with Gasteiger partial charge in [0, 0.05) is 13.6 Å². The highest BCUT2D eigenvalue weighted by Crippen LogP contribution is 2.11. The van der Waals surface area contributed by atoms with Crippen molar-refractivity contribution in [2.45, 2.75) is 25.9 Å². The first-order chi connectivity index (χ1) is 9.04. The van der Waals surface area contributed by atoms with E-state index in [9.17, 15) is 9.90 Å². The van der Waals surface area contributed by atoms with E-state index in [-0.39, 0.29) is 5.91 Å². The Labute approximate surface area is 114 Å². The molecule has 0 radical (unpaired) electrons. The molecule has 1 amide bonds. The highest BCUT2D eigenvalue weighted by Gasteiger charge is 2.22. The molecule has 0 aliphatic heterocycles. The Kier molecular flexibility index (Phi) is 6.04. The van der Waals surface area contributed by atoms with Crippen LogP contribution in [-0.2, 0) is 11.2 Å². The molecule has 2 unspecified atom stereocenters. The molecule has 0 aliphatic carbocycles. The van der Waals surface area contributed by atoms with Crippen molar-refractivity contribution in [1.82, 2.24) is 4.90 Å². The zero-order valence-electron chi connectivity index (χ0n) is 11.4. The SMILES string of the molecule is CC(O)CCN(C)C(=O)C(C#N)Cc1ccccc1. The molecule has 1 rings (SSSR count). The van der Waals surface area contributed by atoms with Gasteiger partial charge >= 0.3 is 0 Å². The molecule has 0 spiro atoms. The number of aliphatic hydroxyl groups excluding tert-OH is 1. The fraction of sp³-hybridized carbons (Fsp3) is 0.467. The van der Waals surface area contributed by atoms with Gasteiger partial charge in [-0.15, -0.1) is 0 Å². The molecule has 1 aromatic carbocycles. The van der Waals surface area contributed by atoms with Crippen LogP contribution in [0.15, 0.2) is 30.3 Å². The Morgan fingerprint density at radius 1 is 1.42 bits per heavy atom. The number of nitriles is 1. The Balaban J connectivity index is 2.60. The number of rotatable bonds is 6. The molecule has 4 nitrogen and oxygen atoms in total. The molecule has 2 atom stereocenters. The smallest absolute Gasteiger partial charge is 0.240 e. The standard InChI is InChI=1S/C15H20N2O2/c1-12(18)8-9-17(2)15(19)14(11-16)10-13-6-4-3-5-7-13/h3-7,12,14,18H,8-10H2,1-2H3. The number of benzene rings is 1. The third-order valence-electron chi connectivity index (χ3n) is 3.00. The lowest BCUT2D eigenvalue weighted by atomic mass is 9.99. The van der Waals surface area contributed by atoms with Gasteiger partial charge in [-0.05, 0) is 25.3 Å². The van der Waals surface area contributed by atoms with Gasteiger partial charge in [-0.3, -0.25) is 4.79 Å². The van der Waals surface area contributed by atoms with Crippen molar-refractivity contribution in [1.29, 1.82) is 5.26 Å². The summed E-state index contributed by atoms with van der Waals surface area (Å²) < 4.78 is 0. The second-order valence-corrected chi connectivity index (χ2v) is 4.77. The highest BCUT2D eigenvalue weighted by atomic mass is 16.3. The number of hydrogen-bond donors (Lipinski definition) is 1. The van der Waals surface area contributed by atoms with E-state index in [4.69, 9.17) is 5.26 Å². The maximum atomic E-state index is 12.1. The maximum Gasteiger partial charge on any atom is 0.240 e. The van der Waals surface area contributed by atoms with E-state index in [1.165, 1.54) is 4.90 Å². The van der Waals surface area contributed by atoms with Crippen LogP contribution in [0, 0.1) is 17.2 Å². The summed E-state index contributed by atoms with van der Waals surface area (Å²) in [5.41, 5.74) is 0.978. The summed E-state index contributed by atoms with van der Waals surface area (Å²) in [7, 11) is 1.67. The molecule has 0 saturated heterocycles. The van der Waals surface area contributed by atoms with Crippen LogP contribution in [0.3, 0.4) is 0 Å². The minimum atomic E-state index is -0.665. The van der Waals surface area contributed by atoms with Crippen molar-refractivity contribution < 1.29 is 9.90 Å². The second-order valence-electron chi connectivity index (χ2n) is 4.77. The molecular weight excluding hydrogens is 240 g/mol. The molecule has 0 fully saturated rings. The first kappa shape index (κ1) is 15.2. The third-order valence-corrected chi connectivity index (χ3v) is 3.00. The number of amides is 1. The highest BCUT2D eigenvalue weighted by molar-refractivity contribution is 5.81. The number of nitrogens with zero attached hydrogens (tertiary/aromatic N) is 2. The minimum absolute atomic E-state index is 0.188. The van der Waals surface area contributed by atoms with Crippen LogP contribution in [0.4, 0.5) is 0 Å². The Hall–Kier alpha value is -1.86. The normalized spacial score (nSPS) is 13.4. The van der Waals surface area contributed by atoms with Gasteiger partial charge in [0.25, 0.3) is 0 Å². The topological polar surface area (TPSA) is 64.3 Å². The van der Waals surface area contributed by atoms with Crippen molar-refractivity contribution in [2.24, 2.45) is 5.92 Å². The number of hydrogen-bond acceptors (Lipinski definition) is 3. The fourth-order valence-corrected chi connectivity index (χ4v) is 1.79. The average Bonchev–Trinajstić information content (AvgIpc) is 2.42. The average molecular weight is 260 g/mol. The largest absolute Gasteiger partial charge is 0.393 e. The molecule has 1 N–H and O–H groups in total. The lowest BCUT2D eigenvalue weighted by Crippen LogP contribution is -2.35. The van der Waals surface area contributed by atoms with Crippen LogP contribution in [0.25, 0.3) is 0 Å². The first-order valence-electron chi connectivity index (χ1n) is 6.41. The van der Waals surface area contributed by atoms with Gasteiger partial charge in [-0.2, -0.15) is 5.26 Å². The van der Waals surface area contributed by atoms with Crippen LogP contribution in [0.2, 0.25) is 0 Å². The molecule has 0 heterocycles. The molecule has 1 aromatic rings. The van der Waals surface area contributed by atoms with Crippen LogP contribution < -0.4 is 0 Å². The molecule has 19 heavy (non-hydrogen) atoms. The summed E-state index contributed by atoms with van der Waals surface area (Å²) in [6.45, 7) is 2.15. The predicted octanol–water partition coefficient (Wildman–Crippen LogP) is 1.60. The van der Waals surface area contributed by atoms with E-state index in [1.54, 1.807) is 14.0 Å². The summed E-state index contributed by atoms with van der Waals surface area (Å²) in [6, 6.07) is 11.6. The lowest BCUT2D eigenvalue weighted by molar-refractivity contribution is -0.132. The molecule has 4 heteroatoms. The van der Waals surface area contributed by atoms with Crippen molar-refractivity contribution in [3.63, 3.8) is 0 Å². The van der Waals surface area contributed by atoms with Crippen molar-refractivity contribution >= 4 is 5.91 Å². The Morgan fingerprint density at radius 3 is 2.58 bits per heavy atom. The van der Waals surface area contributed by atoms with E-state index < -0.39 is 12.0 Å². The fourth-order valence-electron chi connectivity index (χ4n) is 1.79. The van der Waals surface area contributed by atoms with E-state index in [2.05, 4.69) is 6.07 Å². The molecule has 0 bridgehead atoms. The van der Waals surface area contributed by atoms with E-state index >= 15 is 0 Å². The molecular formula is C15H20N2O2. The second kappa shape index (κ2) is 7.55. The summed E-state index contributed by atoms with van der Waals surface area (Å²) in [4.78, 5) is 13.6. The van der Waals surface area contributed by atoms with Gasteiger partial charge in [0.15, 0.2) is 0 Å². The van der Waals surface area contributed by atoms with Crippen LogP contribution >= 0.6 is 0 Å². The Morgan fingerprint density at radius 2 is 2.05 bits per heavy atom. The quantitative estimate of drug-likeness (QED) is 0.845. The van der Waals surface area contributed by atoms with Crippen LogP contribution in [0.5, 0.6) is 0 Å². The van der Waals surface area contributed by atoms with Gasteiger partial charge in [-0.25, -0.2) is 0 Å². The summed E-state index contributed by atoms with van der Waals surface area (Å²) in [6.07, 6.45) is 0.505. The van der Waals surface area contributed by atoms with Crippen molar-refractivity contribution in [3.05, 3.63) is 35.9 Å². The molecule has 0 saturated carbocycles. The zero-order valence-corrected chi connectivity index (χ0v) is 11.4. The number of aliphatic hydroxyl groups is 1. The Bertz CT molecular complexity index is 437. The van der Waals surface area contributed by atoms with E-state index in [1.807, 2.05) is 30.3 Å². The van der Waals surface area contributed by atoms with Crippen LogP contribution in [0.1, 0.15) is 18.9 Å². The molecule has 102 valence electrons. The monoisotopic (exact) mass is 260 g/mol. The first-order valence-corrected chi connectivity index (χ1v) is 6.41. The van der Waals surface area contributed by atoms with Crippen molar-refractivity contribution in [3.8, 4) is 6.07 Å². The third kappa shape index (κ3) is 5.11. The van der Waals surface area contributed by atoms with E-state index in [0.717, 1.165) is 5.56 Å². The minimum Gasteiger partial charge on any atom is -0.393 e. The van der Waals surface area contributed by atoms with E-state index in [0.29, 0.717) is 19.4 Å². The summed E-state index contributed by atoms with van der Waals surface area (Å²) >= 11 is 0. The maximum absolute atomic E-state index is 12.1. The van der Waals surface area contributed by atoms with Gasteiger partial charge in [0.2, 0.25) is 5.91 Å². The summed E-state index contributed by atoms with van der Waals surface area (Å²) in [5, 5.41) is 18.3. The summed E-state index contributed by atoms with van der Waals surface area (Å²) in [5.74, 6) is -0.853.